The molecular weight excluding hydrogens is 333 g/mol. The summed E-state index contributed by atoms with van der Waals surface area (Å²) < 4.78 is 22.8. The minimum absolute atomic E-state index is 0.0534. The smallest absolute Gasteiger partial charge is 0.223 e. The number of nitrogens with one attached hydrogen (secondary N) is 1. The lowest BCUT2D eigenvalue weighted by atomic mass is 10.1. The molecule has 1 N–H and O–H groups in total. The fourth-order valence-corrected chi connectivity index (χ4v) is 5.07. The molecule has 21 heavy (non-hydrogen) atoms. The van der Waals surface area contributed by atoms with Gasteiger partial charge < -0.3 is 5.32 Å². The van der Waals surface area contributed by atoms with E-state index in [2.05, 4.69) is 5.32 Å². The van der Waals surface area contributed by atoms with Crippen LogP contribution in [0.4, 0.5) is 0 Å². The standard InChI is InChI=1S/C14H15Cl2NO3S/c15-8-1-2-10(13(16)5-8)11-6-12(11)14(18)17-9-3-4-21(19,20)7-9/h1-2,5,9,11-12H,3-4,6-7H2,(H,17,18)/t9-,11-,12+/m1/s1. The highest BCUT2D eigenvalue weighted by Crippen LogP contribution is 2.50. The van der Waals surface area contributed by atoms with Gasteiger partial charge in [-0.25, -0.2) is 8.42 Å². The predicted octanol–water partition coefficient (Wildman–Crippen LogP) is 2.40. The molecule has 2 aliphatic rings. The largest absolute Gasteiger partial charge is 0.352 e. The van der Waals surface area contributed by atoms with E-state index in [1.54, 1.807) is 12.1 Å². The maximum atomic E-state index is 12.2. The van der Waals surface area contributed by atoms with Crippen molar-refractivity contribution in [2.75, 3.05) is 11.5 Å². The Morgan fingerprint density at radius 3 is 2.67 bits per heavy atom. The van der Waals surface area contributed by atoms with E-state index in [1.807, 2.05) is 6.07 Å². The first-order valence-corrected chi connectivity index (χ1v) is 9.39. The van der Waals surface area contributed by atoms with Crippen molar-refractivity contribution >= 4 is 38.9 Å². The van der Waals surface area contributed by atoms with Crippen molar-refractivity contribution in [2.45, 2.75) is 24.8 Å². The molecule has 0 unspecified atom stereocenters. The second-order valence-corrected chi connectivity index (χ2v) is 8.80. The molecule has 0 radical (unpaired) electrons. The number of sulfone groups is 1. The van der Waals surface area contributed by atoms with Gasteiger partial charge in [-0.1, -0.05) is 29.3 Å². The zero-order valence-electron chi connectivity index (χ0n) is 11.2. The molecule has 7 heteroatoms. The Labute approximate surface area is 133 Å². The molecule has 1 saturated carbocycles. The van der Waals surface area contributed by atoms with E-state index in [1.165, 1.54) is 0 Å². The predicted molar refractivity (Wildman–Crippen MR) is 82.5 cm³/mol. The van der Waals surface area contributed by atoms with Crippen molar-refractivity contribution in [2.24, 2.45) is 5.92 Å². The molecule has 1 heterocycles. The highest BCUT2D eigenvalue weighted by atomic mass is 35.5. The molecule has 1 aromatic rings. The highest BCUT2D eigenvalue weighted by molar-refractivity contribution is 7.91. The molecule has 1 aliphatic heterocycles. The molecule has 0 bridgehead atoms. The molecule has 1 saturated heterocycles. The summed E-state index contributed by atoms with van der Waals surface area (Å²) >= 11 is 12.0. The number of amides is 1. The summed E-state index contributed by atoms with van der Waals surface area (Å²) in [6, 6.07) is 5.04. The van der Waals surface area contributed by atoms with E-state index >= 15 is 0 Å². The molecule has 0 aromatic heterocycles. The Bertz CT molecular complexity index is 689. The van der Waals surface area contributed by atoms with Crippen molar-refractivity contribution in [3.8, 4) is 0 Å². The second-order valence-electron chi connectivity index (χ2n) is 5.72. The summed E-state index contributed by atoms with van der Waals surface area (Å²) in [6.07, 6.45) is 1.25. The Kier molecular flexibility index (Phi) is 3.93. The molecule has 4 nitrogen and oxygen atoms in total. The van der Waals surface area contributed by atoms with Gasteiger partial charge in [0.05, 0.1) is 11.5 Å². The zero-order chi connectivity index (χ0) is 15.2. The van der Waals surface area contributed by atoms with Gasteiger partial charge in [0.25, 0.3) is 0 Å². The van der Waals surface area contributed by atoms with Crippen molar-refractivity contribution in [1.29, 1.82) is 0 Å². The van der Waals surface area contributed by atoms with E-state index in [0.29, 0.717) is 16.5 Å². The summed E-state index contributed by atoms with van der Waals surface area (Å²) in [4.78, 5) is 12.2. The third-order valence-corrected chi connectivity index (χ3v) is 6.40. The first kappa shape index (κ1) is 15.1. The summed E-state index contributed by atoms with van der Waals surface area (Å²) in [5, 5.41) is 3.99. The lowest BCUT2D eigenvalue weighted by Crippen LogP contribution is -2.36. The van der Waals surface area contributed by atoms with Crippen LogP contribution in [0, 0.1) is 5.92 Å². The average Bonchev–Trinajstić information content (AvgIpc) is 3.09. The highest BCUT2D eigenvalue weighted by Gasteiger charge is 2.45. The van der Waals surface area contributed by atoms with Crippen LogP contribution < -0.4 is 5.32 Å². The van der Waals surface area contributed by atoms with Crippen molar-refractivity contribution in [3.05, 3.63) is 33.8 Å². The molecule has 1 aromatic carbocycles. The Morgan fingerprint density at radius 1 is 1.29 bits per heavy atom. The lowest BCUT2D eigenvalue weighted by Gasteiger charge is -2.11. The molecular formula is C14H15Cl2NO3S. The third kappa shape index (κ3) is 3.35. The number of hydrogen-bond donors (Lipinski definition) is 1. The van der Waals surface area contributed by atoms with E-state index in [4.69, 9.17) is 23.2 Å². The van der Waals surface area contributed by atoms with E-state index in [-0.39, 0.29) is 35.3 Å². The van der Waals surface area contributed by atoms with Crippen LogP contribution in [0.25, 0.3) is 0 Å². The number of benzene rings is 1. The van der Waals surface area contributed by atoms with Crippen molar-refractivity contribution in [3.63, 3.8) is 0 Å². The first-order chi connectivity index (χ1) is 9.85. The van der Waals surface area contributed by atoms with Gasteiger partial charge >= 0.3 is 0 Å². The Morgan fingerprint density at radius 2 is 2.05 bits per heavy atom. The quantitative estimate of drug-likeness (QED) is 0.912. The average molecular weight is 348 g/mol. The number of hydrogen-bond acceptors (Lipinski definition) is 3. The fourth-order valence-electron chi connectivity index (χ4n) is 2.85. The maximum Gasteiger partial charge on any atom is 0.223 e. The van der Waals surface area contributed by atoms with Crippen LogP contribution in [0.2, 0.25) is 10.0 Å². The zero-order valence-corrected chi connectivity index (χ0v) is 13.5. The molecule has 3 atom stereocenters. The molecule has 1 amide bonds. The van der Waals surface area contributed by atoms with Crippen LogP contribution in [-0.2, 0) is 14.6 Å². The lowest BCUT2D eigenvalue weighted by molar-refractivity contribution is -0.122. The third-order valence-electron chi connectivity index (χ3n) is 4.07. The minimum atomic E-state index is -2.97. The molecule has 114 valence electrons. The topological polar surface area (TPSA) is 63.2 Å². The molecule has 2 fully saturated rings. The van der Waals surface area contributed by atoms with Gasteiger partial charge in [0.1, 0.15) is 0 Å². The van der Waals surface area contributed by atoms with Crippen LogP contribution in [0.3, 0.4) is 0 Å². The number of halogens is 2. The van der Waals surface area contributed by atoms with Crippen LogP contribution in [0.1, 0.15) is 24.3 Å². The van der Waals surface area contributed by atoms with Gasteiger partial charge in [-0.05, 0) is 36.5 Å². The summed E-state index contributed by atoms with van der Waals surface area (Å²) in [5.74, 6) is 0.125. The Balaban J connectivity index is 1.61. The fraction of sp³-hybridized carbons (Fsp3) is 0.500. The van der Waals surface area contributed by atoms with Gasteiger partial charge in [-0.2, -0.15) is 0 Å². The summed E-state index contributed by atoms with van der Waals surface area (Å²) in [7, 11) is -2.97. The maximum absolute atomic E-state index is 12.2. The van der Waals surface area contributed by atoms with E-state index in [9.17, 15) is 13.2 Å². The van der Waals surface area contributed by atoms with Gasteiger partial charge in [-0.3, -0.25) is 4.79 Å². The number of carbonyl (C=O) groups excluding carboxylic acids is 1. The molecule has 0 spiro atoms. The normalized spacial score (nSPS) is 30.1. The van der Waals surface area contributed by atoms with Crippen molar-refractivity contribution in [1.82, 2.24) is 5.32 Å². The number of rotatable bonds is 3. The first-order valence-electron chi connectivity index (χ1n) is 6.81. The SMILES string of the molecule is O=C(N[C@@H]1CCS(=O)(=O)C1)[C@H]1C[C@@H]1c1ccc(Cl)cc1Cl. The van der Waals surface area contributed by atoms with Gasteiger partial charge in [0.2, 0.25) is 5.91 Å². The minimum Gasteiger partial charge on any atom is -0.352 e. The van der Waals surface area contributed by atoms with Crippen LogP contribution in [-0.4, -0.2) is 31.9 Å². The molecule has 1 aliphatic carbocycles. The summed E-state index contributed by atoms with van der Waals surface area (Å²) in [6.45, 7) is 0. The molecule has 3 rings (SSSR count). The summed E-state index contributed by atoms with van der Waals surface area (Å²) in [5.41, 5.74) is 0.931. The van der Waals surface area contributed by atoms with Crippen LogP contribution in [0.15, 0.2) is 18.2 Å². The van der Waals surface area contributed by atoms with Gasteiger partial charge in [0.15, 0.2) is 9.84 Å². The van der Waals surface area contributed by atoms with E-state index in [0.717, 1.165) is 12.0 Å². The monoisotopic (exact) mass is 347 g/mol. The second kappa shape index (κ2) is 5.45. The van der Waals surface area contributed by atoms with Gasteiger partial charge in [-0.15, -0.1) is 0 Å². The van der Waals surface area contributed by atoms with Crippen LogP contribution >= 0.6 is 23.2 Å². The Hall–Kier alpha value is -0.780. The van der Waals surface area contributed by atoms with Gasteiger partial charge in [0, 0.05) is 22.0 Å². The number of carbonyl (C=O) groups is 1. The van der Waals surface area contributed by atoms with Crippen LogP contribution in [0.5, 0.6) is 0 Å². The van der Waals surface area contributed by atoms with Crippen molar-refractivity contribution < 1.29 is 13.2 Å². The van der Waals surface area contributed by atoms with E-state index < -0.39 is 9.84 Å².